The molecule has 1 aromatic carbocycles. The van der Waals surface area contributed by atoms with E-state index >= 15 is 0 Å². The summed E-state index contributed by atoms with van der Waals surface area (Å²) in [5.41, 5.74) is 1.03. The number of H-pyrrole nitrogens is 1. The number of benzene rings is 1. The molecule has 0 aliphatic carbocycles. The monoisotopic (exact) mass is 291 g/mol. The standard InChI is InChI=1S/C13H14FN5O2/c14-11-6-10(19(20)21)3-4-13(11)18-5-1-2-9(8-18)12-7-15-17-16-12/h3-4,6-7,9H,1-2,5,8H2,(H,15,16,17). The predicted molar refractivity (Wildman–Crippen MR) is 73.6 cm³/mol. The van der Waals surface area contributed by atoms with Crippen molar-refractivity contribution in [1.82, 2.24) is 15.4 Å². The van der Waals surface area contributed by atoms with Gasteiger partial charge in [0.25, 0.3) is 5.69 Å². The Morgan fingerprint density at radius 1 is 1.48 bits per heavy atom. The Hall–Kier alpha value is -2.51. The zero-order chi connectivity index (χ0) is 14.8. The van der Waals surface area contributed by atoms with Crippen LogP contribution in [0.4, 0.5) is 15.8 Å². The zero-order valence-electron chi connectivity index (χ0n) is 11.2. The fraction of sp³-hybridized carbons (Fsp3) is 0.385. The van der Waals surface area contributed by atoms with Gasteiger partial charge in [-0.05, 0) is 18.9 Å². The van der Waals surface area contributed by atoms with Crippen LogP contribution in [0.1, 0.15) is 24.5 Å². The lowest BCUT2D eigenvalue weighted by Crippen LogP contribution is -2.35. The minimum absolute atomic E-state index is 0.187. The summed E-state index contributed by atoms with van der Waals surface area (Å²) in [6.07, 6.45) is 3.56. The zero-order valence-corrected chi connectivity index (χ0v) is 11.2. The fourth-order valence-electron chi connectivity index (χ4n) is 2.71. The van der Waals surface area contributed by atoms with Crippen molar-refractivity contribution in [3.8, 4) is 0 Å². The van der Waals surface area contributed by atoms with E-state index in [1.54, 1.807) is 6.20 Å². The molecule has 2 aromatic rings. The molecule has 21 heavy (non-hydrogen) atoms. The van der Waals surface area contributed by atoms with Gasteiger partial charge in [-0.1, -0.05) is 0 Å². The maximum Gasteiger partial charge on any atom is 0.272 e. The van der Waals surface area contributed by atoms with Crippen LogP contribution in [-0.4, -0.2) is 33.4 Å². The molecule has 0 radical (unpaired) electrons. The summed E-state index contributed by atoms with van der Waals surface area (Å²) < 4.78 is 14.1. The van der Waals surface area contributed by atoms with E-state index in [1.807, 2.05) is 4.90 Å². The molecule has 1 aliphatic heterocycles. The van der Waals surface area contributed by atoms with Crippen LogP contribution < -0.4 is 4.90 Å². The van der Waals surface area contributed by atoms with Crippen LogP contribution in [0, 0.1) is 15.9 Å². The number of rotatable bonds is 3. The summed E-state index contributed by atoms with van der Waals surface area (Å²) in [6.45, 7) is 1.35. The number of nitro benzene ring substituents is 1. The van der Waals surface area contributed by atoms with Gasteiger partial charge in [0.2, 0.25) is 0 Å². The first-order chi connectivity index (χ1) is 10.1. The summed E-state index contributed by atoms with van der Waals surface area (Å²) in [5.74, 6) is -0.378. The van der Waals surface area contributed by atoms with Gasteiger partial charge in [-0.2, -0.15) is 15.4 Å². The quantitative estimate of drug-likeness (QED) is 0.692. The summed E-state index contributed by atoms with van der Waals surface area (Å²) >= 11 is 0. The molecule has 1 N–H and O–H groups in total. The molecule has 2 heterocycles. The van der Waals surface area contributed by atoms with E-state index in [0.717, 1.165) is 31.1 Å². The number of piperidine rings is 1. The lowest BCUT2D eigenvalue weighted by Gasteiger charge is -2.33. The Morgan fingerprint density at radius 2 is 2.33 bits per heavy atom. The molecule has 0 spiro atoms. The molecular weight excluding hydrogens is 277 g/mol. The first-order valence-corrected chi connectivity index (χ1v) is 6.69. The molecule has 1 atom stereocenters. The highest BCUT2D eigenvalue weighted by molar-refractivity contribution is 5.53. The number of nitrogens with one attached hydrogen (secondary N) is 1. The van der Waals surface area contributed by atoms with Gasteiger partial charge in [-0.15, -0.1) is 0 Å². The average molecular weight is 291 g/mol. The number of nitrogens with zero attached hydrogens (tertiary/aromatic N) is 4. The third-order valence-corrected chi connectivity index (χ3v) is 3.76. The molecule has 1 fully saturated rings. The number of nitro groups is 1. The molecule has 1 unspecified atom stereocenters. The normalized spacial score (nSPS) is 18.7. The number of halogens is 1. The van der Waals surface area contributed by atoms with Gasteiger partial charge in [0.15, 0.2) is 5.82 Å². The van der Waals surface area contributed by atoms with E-state index in [1.165, 1.54) is 12.1 Å². The third kappa shape index (κ3) is 2.69. The van der Waals surface area contributed by atoms with Crippen molar-refractivity contribution in [2.24, 2.45) is 0 Å². The van der Waals surface area contributed by atoms with Gasteiger partial charge in [-0.25, -0.2) is 4.39 Å². The molecule has 0 saturated carbocycles. The first-order valence-electron chi connectivity index (χ1n) is 6.69. The van der Waals surface area contributed by atoms with Crippen molar-refractivity contribution >= 4 is 11.4 Å². The second-order valence-electron chi connectivity index (χ2n) is 5.07. The molecule has 3 rings (SSSR count). The number of non-ortho nitro benzene ring substituents is 1. The number of aromatic amines is 1. The number of hydrogen-bond acceptors (Lipinski definition) is 5. The summed E-state index contributed by atoms with van der Waals surface area (Å²) in [6, 6.07) is 3.77. The second kappa shape index (κ2) is 5.47. The Morgan fingerprint density at radius 3 is 3.00 bits per heavy atom. The van der Waals surface area contributed by atoms with Gasteiger partial charge in [-0.3, -0.25) is 10.1 Å². The molecule has 0 bridgehead atoms. The van der Waals surface area contributed by atoms with Crippen LogP contribution in [0.15, 0.2) is 24.4 Å². The Bertz CT molecular complexity index is 646. The summed E-state index contributed by atoms with van der Waals surface area (Å²) in [4.78, 5) is 12.0. The van der Waals surface area contributed by atoms with Crippen LogP contribution in [0.5, 0.6) is 0 Å². The minimum atomic E-state index is -0.596. The molecule has 1 saturated heterocycles. The van der Waals surface area contributed by atoms with Crippen LogP contribution in [0.3, 0.4) is 0 Å². The minimum Gasteiger partial charge on any atom is -0.368 e. The Balaban J connectivity index is 1.82. The Kier molecular flexibility index (Phi) is 3.51. The maximum absolute atomic E-state index is 14.1. The van der Waals surface area contributed by atoms with Gasteiger partial charge in [0, 0.05) is 25.1 Å². The van der Waals surface area contributed by atoms with Crippen molar-refractivity contribution in [2.75, 3.05) is 18.0 Å². The van der Waals surface area contributed by atoms with Crippen LogP contribution in [0.25, 0.3) is 0 Å². The molecule has 8 heteroatoms. The number of hydrogen-bond donors (Lipinski definition) is 1. The van der Waals surface area contributed by atoms with E-state index in [-0.39, 0.29) is 11.6 Å². The molecule has 1 aliphatic rings. The largest absolute Gasteiger partial charge is 0.368 e. The Labute approximate surface area is 119 Å². The van der Waals surface area contributed by atoms with Crippen molar-refractivity contribution < 1.29 is 9.31 Å². The highest BCUT2D eigenvalue weighted by Crippen LogP contribution is 2.31. The van der Waals surface area contributed by atoms with E-state index in [9.17, 15) is 14.5 Å². The molecule has 1 aromatic heterocycles. The molecule has 7 nitrogen and oxygen atoms in total. The third-order valence-electron chi connectivity index (χ3n) is 3.76. The lowest BCUT2D eigenvalue weighted by molar-refractivity contribution is -0.385. The van der Waals surface area contributed by atoms with Gasteiger partial charge in [0.05, 0.1) is 28.6 Å². The van der Waals surface area contributed by atoms with Crippen LogP contribution >= 0.6 is 0 Å². The molecule has 110 valence electrons. The average Bonchev–Trinajstić information content (AvgIpc) is 3.01. The summed E-state index contributed by atoms with van der Waals surface area (Å²) in [7, 11) is 0. The van der Waals surface area contributed by atoms with E-state index < -0.39 is 10.7 Å². The number of anilines is 1. The van der Waals surface area contributed by atoms with Crippen LogP contribution in [0.2, 0.25) is 0 Å². The first kappa shape index (κ1) is 13.5. The highest BCUT2D eigenvalue weighted by atomic mass is 19.1. The van der Waals surface area contributed by atoms with Gasteiger partial charge < -0.3 is 4.90 Å². The van der Waals surface area contributed by atoms with E-state index in [4.69, 9.17) is 0 Å². The van der Waals surface area contributed by atoms with Gasteiger partial charge in [0.1, 0.15) is 0 Å². The van der Waals surface area contributed by atoms with Gasteiger partial charge >= 0.3 is 0 Å². The van der Waals surface area contributed by atoms with Crippen molar-refractivity contribution in [2.45, 2.75) is 18.8 Å². The lowest BCUT2D eigenvalue weighted by atomic mass is 9.95. The van der Waals surface area contributed by atoms with Crippen molar-refractivity contribution in [1.29, 1.82) is 0 Å². The van der Waals surface area contributed by atoms with Crippen molar-refractivity contribution in [3.63, 3.8) is 0 Å². The van der Waals surface area contributed by atoms with E-state index in [2.05, 4.69) is 15.4 Å². The summed E-state index contributed by atoms with van der Waals surface area (Å²) in [5, 5.41) is 21.1. The highest BCUT2D eigenvalue weighted by Gasteiger charge is 2.25. The van der Waals surface area contributed by atoms with Crippen molar-refractivity contribution in [3.05, 3.63) is 46.0 Å². The smallest absolute Gasteiger partial charge is 0.272 e. The maximum atomic E-state index is 14.1. The van der Waals surface area contributed by atoms with Crippen LogP contribution in [-0.2, 0) is 0 Å². The second-order valence-corrected chi connectivity index (χ2v) is 5.07. The fourth-order valence-corrected chi connectivity index (χ4v) is 2.71. The topological polar surface area (TPSA) is 88.0 Å². The van der Waals surface area contributed by atoms with E-state index in [0.29, 0.717) is 12.2 Å². The molecular formula is C13H14FN5O2. The SMILES string of the molecule is O=[N+]([O-])c1ccc(N2CCCC(c3cn[nH]n3)C2)c(F)c1. The molecule has 0 amide bonds. The predicted octanol–water partition coefficient (Wildman–Crippen LogP) is 2.24. The number of aromatic nitrogens is 3.